The van der Waals surface area contributed by atoms with Gasteiger partial charge in [-0.3, -0.25) is 4.79 Å². The van der Waals surface area contributed by atoms with Crippen molar-refractivity contribution in [3.8, 4) is 0 Å². The van der Waals surface area contributed by atoms with Gasteiger partial charge < -0.3 is 14.6 Å². The molecule has 1 aliphatic heterocycles. The van der Waals surface area contributed by atoms with Gasteiger partial charge in [-0.1, -0.05) is 0 Å². The van der Waals surface area contributed by atoms with E-state index >= 15 is 0 Å². The lowest BCUT2D eigenvalue weighted by molar-refractivity contribution is 0.0793. The van der Waals surface area contributed by atoms with Crippen molar-refractivity contribution in [3.05, 3.63) is 48.0 Å². The number of pyridine rings is 1. The maximum absolute atomic E-state index is 12.3. The third-order valence-electron chi connectivity index (χ3n) is 3.66. The molecule has 0 unspecified atom stereocenters. The van der Waals surface area contributed by atoms with Crippen LogP contribution >= 0.6 is 0 Å². The molecule has 1 aliphatic rings. The summed E-state index contributed by atoms with van der Waals surface area (Å²) in [5.41, 5.74) is 0.701. The molecule has 0 aromatic carbocycles. The molecule has 0 radical (unpaired) electrons. The Balaban J connectivity index is 1.58. The van der Waals surface area contributed by atoms with Crippen LogP contribution in [0.3, 0.4) is 0 Å². The standard InChI is InChI=1S/C16H19N3O2/c20-16(19-9-1-2-10-19)13-5-7-17-15(12-13)18-8-6-14-4-3-11-21-14/h3-5,7,11-12H,1-2,6,8-10H2,(H,17,18). The van der Waals surface area contributed by atoms with E-state index in [9.17, 15) is 4.79 Å². The maximum atomic E-state index is 12.3. The third kappa shape index (κ3) is 3.42. The molecule has 0 saturated carbocycles. The molecule has 2 aromatic rings. The minimum Gasteiger partial charge on any atom is -0.469 e. The number of aromatic nitrogens is 1. The summed E-state index contributed by atoms with van der Waals surface area (Å²) in [5.74, 6) is 1.77. The molecular weight excluding hydrogens is 266 g/mol. The molecule has 1 amide bonds. The Morgan fingerprint density at radius 2 is 2.19 bits per heavy atom. The summed E-state index contributed by atoms with van der Waals surface area (Å²) in [5, 5.41) is 3.23. The second-order valence-electron chi connectivity index (χ2n) is 5.19. The summed E-state index contributed by atoms with van der Waals surface area (Å²) in [4.78, 5) is 18.5. The number of amides is 1. The van der Waals surface area contributed by atoms with Crippen LogP contribution in [-0.2, 0) is 6.42 Å². The highest BCUT2D eigenvalue weighted by molar-refractivity contribution is 5.95. The van der Waals surface area contributed by atoms with E-state index in [1.807, 2.05) is 23.1 Å². The predicted molar refractivity (Wildman–Crippen MR) is 80.3 cm³/mol. The van der Waals surface area contributed by atoms with E-state index in [4.69, 9.17) is 4.42 Å². The van der Waals surface area contributed by atoms with E-state index < -0.39 is 0 Å². The number of carbonyl (C=O) groups is 1. The summed E-state index contributed by atoms with van der Waals surface area (Å²) in [6, 6.07) is 7.42. The van der Waals surface area contributed by atoms with Crippen LogP contribution in [0, 0.1) is 0 Å². The van der Waals surface area contributed by atoms with Gasteiger partial charge in [0, 0.05) is 37.8 Å². The summed E-state index contributed by atoms with van der Waals surface area (Å²) in [6.07, 6.45) is 6.34. The van der Waals surface area contributed by atoms with Gasteiger partial charge in [0.1, 0.15) is 11.6 Å². The average Bonchev–Trinajstić information content (AvgIpc) is 3.20. The van der Waals surface area contributed by atoms with Crippen molar-refractivity contribution >= 4 is 11.7 Å². The van der Waals surface area contributed by atoms with Crippen LogP contribution in [0.1, 0.15) is 29.0 Å². The lowest BCUT2D eigenvalue weighted by Gasteiger charge is -2.15. The number of anilines is 1. The minimum absolute atomic E-state index is 0.101. The van der Waals surface area contributed by atoms with Crippen LogP contribution in [0.15, 0.2) is 41.1 Å². The lowest BCUT2D eigenvalue weighted by atomic mass is 10.2. The van der Waals surface area contributed by atoms with Crippen molar-refractivity contribution in [1.82, 2.24) is 9.88 Å². The summed E-state index contributed by atoms with van der Waals surface area (Å²) in [6.45, 7) is 2.45. The molecule has 5 nitrogen and oxygen atoms in total. The number of likely N-dealkylation sites (tertiary alicyclic amines) is 1. The molecule has 0 aliphatic carbocycles. The Hall–Kier alpha value is -2.30. The number of furan rings is 1. The van der Waals surface area contributed by atoms with Gasteiger partial charge in [0.05, 0.1) is 6.26 Å². The maximum Gasteiger partial charge on any atom is 0.254 e. The first-order valence-electron chi connectivity index (χ1n) is 7.34. The number of hydrogen-bond acceptors (Lipinski definition) is 4. The number of hydrogen-bond donors (Lipinski definition) is 1. The van der Waals surface area contributed by atoms with E-state index in [0.717, 1.165) is 50.5 Å². The Morgan fingerprint density at radius 3 is 2.95 bits per heavy atom. The highest BCUT2D eigenvalue weighted by atomic mass is 16.3. The number of nitrogens with one attached hydrogen (secondary N) is 1. The number of rotatable bonds is 5. The zero-order valence-electron chi connectivity index (χ0n) is 11.9. The number of carbonyl (C=O) groups excluding carboxylic acids is 1. The van der Waals surface area contributed by atoms with Gasteiger partial charge in [0.25, 0.3) is 5.91 Å². The Kier molecular flexibility index (Phi) is 4.19. The van der Waals surface area contributed by atoms with Gasteiger partial charge in [-0.05, 0) is 37.1 Å². The first kappa shape index (κ1) is 13.7. The van der Waals surface area contributed by atoms with Crippen molar-refractivity contribution in [2.24, 2.45) is 0 Å². The first-order valence-corrected chi connectivity index (χ1v) is 7.34. The van der Waals surface area contributed by atoms with E-state index in [1.54, 1.807) is 18.5 Å². The van der Waals surface area contributed by atoms with Crippen LogP contribution in [0.25, 0.3) is 0 Å². The number of nitrogens with zero attached hydrogens (tertiary/aromatic N) is 2. The van der Waals surface area contributed by atoms with Crippen LogP contribution in [0.5, 0.6) is 0 Å². The van der Waals surface area contributed by atoms with Crippen molar-refractivity contribution in [2.75, 3.05) is 25.0 Å². The Bertz CT molecular complexity index is 589. The zero-order valence-corrected chi connectivity index (χ0v) is 11.9. The second kappa shape index (κ2) is 6.43. The van der Waals surface area contributed by atoms with Gasteiger partial charge in [0.15, 0.2) is 0 Å². The van der Waals surface area contributed by atoms with Gasteiger partial charge in [-0.15, -0.1) is 0 Å². The zero-order chi connectivity index (χ0) is 14.5. The molecule has 1 saturated heterocycles. The highest BCUT2D eigenvalue weighted by Gasteiger charge is 2.19. The topological polar surface area (TPSA) is 58.4 Å². The van der Waals surface area contributed by atoms with Crippen LogP contribution in [0.2, 0.25) is 0 Å². The van der Waals surface area contributed by atoms with Crippen molar-refractivity contribution in [3.63, 3.8) is 0 Å². The quantitative estimate of drug-likeness (QED) is 0.917. The van der Waals surface area contributed by atoms with Gasteiger partial charge in [0.2, 0.25) is 0 Å². The van der Waals surface area contributed by atoms with E-state index in [-0.39, 0.29) is 5.91 Å². The Morgan fingerprint density at radius 1 is 1.33 bits per heavy atom. The van der Waals surface area contributed by atoms with Gasteiger partial charge >= 0.3 is 0 Å². The smallest absolute Gasteiger partial charge is 0.254 e. The SMILES string of the molecule is O=C(c1ccnc(NCCc2ccco2)c1)N1CCCC1. The first-order chi connectivity index (χ1) is 10.3. The third-order valence-corrected chi connectivity index (χ3v) is 3.66. The molecule has 0 atom stereocenters. The molecule has 110 valence electrons. The lowest BCUT2D eigenvalue weighted by Crippen LogP contribution is -2.27. The Labute approximate surface area is 124 Å². The van der Waals surface area contributed by atoms with Crippen LogP contribution < -0.4 is 5.32 Å². The average molecular weight is 285 g/mol. The summed E-state index contributed by atoms with van der Waals surface area (Å²) >= 11 is 0. The molecular formula is C16H19N3O2. The molecule has 0 spiro atoms. The minimum atomic E-state index is 0.101. The predicted octanol–water partition coefficient (Wildman–Crippen LogP) is 2.57. The largest absolute Gasteiger partial charge is 0.469 e. The molecule has 1 N–H and O–H groups in total. The van der Waals surface area contributed by atoms with E-state index in [0.29, 0.717) is 5.56 Å². The van der Waals surface area contributed by atoms with E-state index in [1.165, 1.54) is 0 Å². The molecule has 21 heavy (non-hydrogen) atoms. The van der Waals surface area contributed by atoms with Crippen LogP contribution in [0.4, 0.5) is 5.82 Å². The molecule has 0 bridgehead atoms. The molecule has 5 heteroatoms. The van der Waals surface area contributed by atoms with Gasteiger partial charge in [-0.2, -0.15) is 0 Å². The van der Waals surface area contributed by atoms with Crippen molar-refractivity contribution in [1.29, 1.82) is 0 Å². The highest BCUT2D eigenvalue weighted by Crippen LogP contribution is 2.14. The van der Waals surface area contributed by atoms with Crippen molar-refractivity contribution < 1.29 is 9.21 Å². The van der Waals surface area contributed by atoms with E-state index in [2.05, 4.69) is 10.3 Å². The second-order valence-corrected chi connectivity index (χ2v) is 5.19. The monoisotopic (exact) mass is 285 g/mol. The summed E-state index contributed by atoms with van der Waals surface area (Å²) < 4.78 is 5.28. The molecule has 3 heterocycles. The molecule has 2 aromatic heterocycles. The van der Waals surface area contributed by atoms with Crippen molar-refractivity contribution in [2.45, 2.75) is 19.3 Å². The van der Waals surface area contributed by atoms with Crippen LogP contribution in [-0.4, -0.2) is 35.4 Å². The fourth-order valence-electron chi connectivity index (χ4n) is 2.53. The fourth-order valence-corrected chi connectivity index (χ4v) is 2.53. The molecule has 1 fully saturated rings. The van der Waals surface area contributed by atoms with Gasteiger partial charge in [-0.25, -0.2) is 4.98 Å². The normalized spacial score (nSPS) is 14.4. The fraction of sp³-hybridized carbons (Fsp3) is 0.375. The molecule has 3 rings (SSSR count). The summed E-state index contributed by atoms with van der Waals surface area (Å²) in [7, 11) is 0.